The molecule has 3 rings (SSSR count). The van der Waals surface area contributed by atoms with Crippen molar-refractivity contribution in [2.24, 2.45) is 0 Å². The lowest BCUT2D eigenvalue weighted by Gasteiger charge is -2.32. The summed E-state index contributed by atoms with van der Waals surface area (Å²) in [7, 11) is -4.06. The van der Waals surface area contributed by atoms with E-state index in [1.807, 2.05) is 57.2 Å². The average Bonchev–Trinajstić information content (AvgIpc) is 2.89. The highest BCUT2D eigenvalue weighted by atomic mass is 32.2. The van der Waals surface area contributed by atoms with E-state index >= 15 is 0 Å². The number of carbonyl (C=O) groups is 2. The molecule has 0 bridgehead atoms. The number of aryl methyl sites for hydroxylation is 2. The van der Waals surface area contributed by atoms with Gasteiger partial charge < -0.3 is 10.2 Å². The molecular weight excluding hydrogens is 486 g/mol. The van der Waals surface area contributed by atoms with Gasteiger partial charge in [-0.25, -0.2) is 8.42 Å². The van der Waals surface area contributed by atoms with Crippen LogP contribution >= 0.6 is 0 Å². The molecule has 0 aromatic heterocycles. The molecule has 0 heterocycles. The molecule has 0 aliphatic carbocycles. The third-order valence-electron chi connectivity index (χ3n) is 6.09. The molecule has 0 spiro atoms. The van der Waals surface area contributed by atoms with Crippen molar-refractivity contribution in [1.29, 1.82) is 0 Å². The molecule has 2 amide bonds. The van der Waals surface area contributed by atoms with Crippen molar-refractivity contribution < 1.29 is 18.0 Å². The Balaban J connectivity index is 2.00. The molecule has 0 fully saturated rings. The van der Waals surface area contributed by atoms with Gasteiger partial charge in [-0.2, -0.15) is 0 Å². The molecule has 0 aliphatic heterocycles. The van der Waals surface area contributed by atoms with Crippen LogP contribution in [0.1, 0.15) is 37.0 Å². The smallest absolute Gasteiger partial charge is 0.264 e. The van der Waals surface area contributed by atoms with Gasteiger partial charge in [0, 0.05) is 13.1 Å². The van der Waals surface area contributed by atoms with Crippen LogP contribution in [-0.4, -0.2) is 44.3 Å². The number of benzene rings is 3. The first-order chi connectivity index (χ1) is 17.6. The van der Waals surface area contributed by atoms with Crippen LogP contribution in [0, 0.1) is 13.8 Å². The topological polar surface area (TPSA) is 86.8 Å². The molecule has 196 valence electrons. The van der Waals surface area contributed by atoms with Crippen LogP contribution in [0.25, 0.3) is 0 Å². The normalized spacial score (nSPS) is 12.0. The Bertz CT molecular complexity index is 1310. The highest BCUT2D eigenvalue weighted by Crippen LogP contribution is 2.25. The Kier molecular flexibility index (Phi) is 9.47. The number of carbonyl (C=O) groups excluding carboxylic acids is 2. The summed E-state index contributed by atoms with van der Waals surface area (Å²) in [6.45, 7) is 7.58. The maximum absolute atomic E-state index is 13.8. The summed E-state index contributed by atoms with van der Waals surface area (Å²) in [5, 5.41) is 2.84. The van der Waals surface area contributed by atoms with Crippen molar-refractivity contribution in [2.75, 3.05) is 17.4 Å². The quantitative estimate of drug-likeness (QED) is 0.404. The maximum atomic E-state index is 13.8. The van der Waals surface area contributed by atoms with Crippen LogP contribution in [0.3, 0.4) is 0 Å². The van der Waals surface area contributed by atoms with E-state index in [4.69, 9.17) is 0 Å². The Labute approximate surface area is 220 Å². The largest absolute Gasteiger partial charge is 0.354 e. The van der Waals surface area contributed by atoms with Gasteiger partial charge in [0.05, 0.1) is 10.6 Å². The Morgan fingerprint density at radius 2 is 1.57 bits per heavy atom. The Hall–Kier alpha value is -3.65. The lowest BCUT2D eigenvalue weighted by Crippen LogP contribution is -2.51. The summed E-state index contributed by atoms with van der Waals surface area (Å²) < 4.78 is 28.7. The van der Waals surface area contributed by atoms with E-state index in [9.17, 15) is 18.0 Å². The van der Waals surface area contributed by atoms with Crippen molar-refractivity contribution in [2.45, 2.75) is 51.6 Å². The number of anilines is 1. The van der Waals surface area contributed by atoms with Gasteiger partial charge in [0.15, 0.2) is 0 Å². The van der Waals surface area contributed by atoms with Gasteiger partial charge >= 0.3 is 0 Å². The van der Waals surface area contributed by atoms with Crippen LogP contribution in [0.15, 0.2) is 83.8 Å². The molecular formula is C29H35N3O4S. The lowest BCUT2D eigenvalue weighted by atomic mass is 10.1. The molecule has 0 unspecified atom stereocenters. The van der Waals surface area contributed by atoms with E-state index in [0.29, 0.717) is 12.2 Å². The summed E-state index contributed by atoms with van der Waals surface area (Å²) >= 11 is 0. The fraction of sp³-hybridized carbons (Fsp3) is 0.310. The molecule has 8 heteroatoms. The zero-order valence-electron chi connectivity index (χ0n) is 21.8. The molecule has 7 nitrogen and oxygen atoms in total. The van der Waals surface area contributed by atoms with E-state index in [-0.39, 0.29) is 17.3 Å². The Morgan fingerprint density at radius 1 is 0.892 bits per heavy atom. The van der Waals surface area contributed by atoms with Crippen LogP contribution in [0.5, 0.6) is 0 Å². The third kappa shape index (κ3) is 7.20. The summed E-state index contributed by atoms with van der Waals surface area (Å²) in [6, 6.07) is 22.1. The summed E-state index contributed by atoms with van der Waals surface area (Å²) in [6.07, 6.45) is 0.765. The molecule has 0 radical (unpaired) electrons. The minimum Gasteiger partial charge on any atom is -0.354 e. The van der Waals surface area contributed by atoms with Crippen molar-refractivity contribution in [1.82, 2.24) is 10.2 Å². The van der Waals surface area contributed by atoms with E-state index < -0.39 is 28.5 Å². The van der Waals surface area contributed by atoms with Crippen molar-refractivity contribution in [3.63, 3.8) is 0 Å². The number of sulfonamides is 1. The number of rotatable bonds is 11. The van der Waals surface area contributed by atoms with Crippen LogP contribution in [0.4, 0.5) is 5.69 Å². The van der Waals surface area contributed by atoms with Crippen LogP contribution in [-0.2, 0) is 26.2 Å². The fourth-order valence-corrected chi connectivity index (χ4v) is 5.31. The second-order valence-corrected chi connectivity index (χ2v) is 11.0. The summed E-state index contributed by atoms with van der Waals surface area (Å²) in [5.41, 5.74) is 3.02. The second-order valence-electron chi connectivity index (χ2n) is 9.14. The van der Waals surface area contributed by atoms with E-state index in [1.165, 1.54) is 4.90 Å². The highest BCUT2D eigenvalue weighted by Gasteiger charge is 2.32. The minimum absolute atomic E-state index is 0.0933. The van der Waals surface area contributed by atoms with Gasteiger partial charge in [0.25, 0.3) is 10.0 Å². The Morgan fingerprint density at radius 3 is 2.19 bits per heavy atom. The van der Waals surface area contributed by atoms with E-state index in [1.54, 1.807) is 49.4 Å². The first kappa shape index (κ1) is 27.9. The first-order valence-corrected chi connectivity index (χ1v) is 13.8. The van der Waals surface area contributed by atoms with Crippen molar-refractivity contribution >= 4 is 27.5 Å². The van der Waals surface area contributed by atoms with Gasteiger partial charge in [-0.15, -0.1) is 0 Å². The number of nitrogens with zero attached hydrogens (tertiary/aromatic N) is 2. The number of hydrogen-bond acceptors (Lipinski definition) is 4. The van der Waals surface area contributed by atoms with Gasteiger partial charge in [-0.05, 0) is 62.6 Å². The van der Waals surface area contributed by atoms with Crippen molar-refractivity contribution in [3.8, 4) is 0 Å². The first-order valence-electron chi connectivity index (χ1n) is 12.4. The van der Waals surface area contributed by atoms with Crippen LogP contribution < -0.4 is 9.62 Å². The summed E-state index contributed by atoms with van der Waals surface area (Å²) in [4.78, 5) is 28.2. The minimum atomic E-state index is -4.06. The molecule has 3 aromatic rings. The maximum Gasteiger partial charge on any atom is 0.264 e. The van der Waals surface area contributed by atoms with Gasteiger partial charge in [-0.1, -0.05) is 67.1 Å². The van der Waals surface area contributed by atoms with Crippen LogP contribution in [0.2, 0.25) is 0 Å². The summed E-state index contributed by atoms with van der Waals surface area (Å²) in [5.74, 6) is -0.755. The van der Waals surface area contributed by atoms with E-state index in [0.717, 1.165) is 27.4 Å². The van der Waals surface area contributed by atoms with Gasteiger partial charge in [0.2, 0.25) is 11.8 Å². The lowest BCUT2D eigenvalue weighted by molar-refractivity contribution is -0.139. The molecule has 3 aromatic carbocycles. The highest BCUT2D eigenvalue weighted by molar-refractivity contribution is 7.92. The standard InChI is InChI=1S/C29H35N3O4S/c1-5-18-30-29(34)24(4)31(20-25-11-7-6-8-12-25)28(33)21-32(26-13-9-10-23(3)19-26)37(35,36)27-16-14-22(2)15-17-27/h6-17,19,24H,5,18,20-21H2,1-4H3,(H,30,34)/t24-/m1/s1. The number of nitrogens with one attached hydrogen (secondary N) is 1. The van der Waals surface area contributed by atoms with Gasteiger partial charge in [0.1, 0.15) is 12.6 Å². The predicted octanol–water partition coefficient (Wildman–Crippen LogP) is 4.44. The second kappa shape index (κ2) is 12.5. The zero-order valence-corrected chi connectivity index (χ0v) is 22.7. The monoisotopic (exact) mass is 521 g/mol. The van der Waals surface area contributed by atoms with E-state index in [2.05, 4.69) is 5.32 Å². The number of hydrogen-bond donors (Lipinski definition) is 1. The average molecular weight is 522 g/mol. The number of amides is 2. The molecule has 37 heavy (non-hydrogen) atoms. The fourth-order valence-electron chi connectivity index (χ4n) is 3.91. The SMILES string of the molecule is CCCNC(=O)[C@@H](C)N(Cc1ccccc1)C(=O)CN(c1cccc(C)c1)S(=O)(=O)c1ccc(C)cc1. The zero-order chi connectivity index (χ0) is 27.0. The molecule has 1 N–H and O–H groups in total. The molecule has 0 saturated heterocycles. The third-order valence-corrected chi connectivity index (χ3v) is 7.88. The van der Waals surface area contributed by atoms with Gasteiger partial charge in [-0.3, -0.25) is 13.9 Å². The van der Waals surface area contributed by atoms with Crippen molar-refractivity contribution in [3.05, 3.63) is 95.6 Å². The molecule has 0 saturated carbocycles. The molecule has 0 aliphatic rings. The molecule has 1 atom stereocenters. The predicted molar refractivity (Wildman–Crippen MR) is 147 cm³/mol.